The van der Waals surface area contributed by atoms with E-state index < -0.39 is 29.8 Å². The normalized spacial score (nSPS) is 11.9. The molecule has 0 radical (unpaired) electrons. The molecule has 0 unspecified atom stereocenters. The molecular formula is C8H5BrF5NO. The van der Waals surface area contributed by atoms with Gasteiger partial charge in [-0.15, -0.1) is 0 Å². The molecule has 0 aromatic heterocycles. The highest BCUT2D eigenvalue weighted by molar-refractivity contribution is 9.10. The van der Waals surface area contributed by atoms with E-state index in [4.69, 9.17) is 5.73 Å². The van der Waals surface area contributed by atoms with Crippen molar-refractivity contribution >= 4 is 21.6 Å². The average Bonchev–Trinajstić information content (AvgIpc) is 2.08. The maximum absolute atomic E-state index is 12.5. The van der Waals surface area contributed by atoms with Gasteiger partial charge < -0.3 is 10.5 Å². The lowest BCUT2D eigenvalue weighted by Gasteiger charge is -2.16. The predicted octanol–water partition coefficient (Wildman–Crippen LogP) is 3.65. The Bertz CT molecular complexity index is 393. The number of nitrogen functional groups attached to an aromatic ring is 1. The second kappa shape index (κ2) is 4.44. The first-order valence-electron chi connectivity index (χ1n) is 3.83. The van der Waals surface area contributed by atoms with E-state index in [9.17, 15) is 22.0 Å². The highest BCUT2D eigenvalue weighted by atomic mass is 79.9. The molecule has 1 aromatic carbocycles. The fraction of sp³-hybridized carbons (Fsp3) is 0.250. The van der Waals surface area contributed by atoms with Crippen LogP contribution in [0.2, 0.25) is 0 Å². The van der Waals surface area contributed by atoms with Crippen molar-refractivity contribution < 1.29 is 26.7 Å². The van der Waals surface area contributed by atoms with Gasteiger partial charge in [0, 0.05) is 5.69 Å². The maximum atomic E-state index is 12.5. The summed E-state index contributed by atoms with van der Waals surface area (Å²) in [6.07, 6.45) is -4.86. The largest absolute Gasteiger partial charge is 0.433 e. The Balaban J connectivity index is 3.37. The molecule has 90 valence electrons. The zero-order chi connectivity index (χ0) is 12.5. The van der Waals surface area contributed by atoms with Gasteiger partial charge in [-0.3, -0.25) is 0 Å². The Kier molecular flexibility index (Phi) is 3.61. The molecule has 8 heteroatoms. The predicted molar refractivity (Wildman–Crippen MR) is 50.2 cm³/mol. The lowest BCUT2D eigenvalue weighted by atomic mass is 10.1. The summed E-state index contributed by atoms with van der Waals surface area (Å²) in [5.74, 6) is -1.01. The van der Waals surface area contributed by atoms with Crippen LogP contribution in [-0.2, 0) is 6.18 Å². The fourth-order valence-corrected chi connectivity index (χ4v) is 1.49. The minimum atomic E-state index is -4.86. The van der Waals surface area contributed by atoms with Gasteiger partial charge >= 0.3 is 12.8 Å². The molecule has 2 nitrogen and oxygen atoms in total. The van der Waals surface area contributed by atoms with Crippen molar-refractivity contribution in [2.45, 2.75) is 12.8 Å². The molecule has 0 spiro atoms. The number of benzene rings is 1. The van der Waals surface area contributed by atoms with Crippen LogP contribution in [0.1, 0.15) is 5.56 Å². The Morgan fingerprint density at radius 1 is 1.25 bits per heavy atom. The van der Waals surface area contributed by atoms with Crippen LogP contribution in [0.4, 0.5) is 27.6 Å². The van der Waals surface area contributed by atoms with Crippen molar-refractivity contribution in [3.8, 4) is 5.75 Å². The molecule has 0 fully saturated rings. The number of alkyl halides is 5. The topological polar surface area (TPSA) is 35.2 Å². The third-order valence-corrected chi connectivity index (χ3v) is 2.26. The van der Waals surface area contributed by atoms with Crippen LogP contribution in [0, 0.1) is 0 Å². The molecule has 0 heterocycles. The summed E-state index contributed by atoms with van der Waals surface area (Å²) in [7, 11) is 0. The molecule has 0 saturated heterocycles. The van der Waals surface area contributed by atoms with Gasteiger partial charge in [-0.2, -0.15) is 22.0 Å². The van der Waals surface area contributed by atoms with Gasteiger partial charge in [0.1, 0.15) is 5.56 Å². The molecular weight excluding hydrogens is 301 g/mol. The molecule has 0 bridgehead atoms. The SMILES string of the molecule is Nc1ccc(Br)c(OC(F)F)c1C(F)(F)F. The summed E-state index contributed by atoms with van der Waals surface area (Å²) in [4.78, 5) is 0. The van der Waals surface area contributed by atoms with Crippen LogP contribution in [-0.4, -0.2) is 6.61 Å². The van der Waals surface area contributed by atoms with E-state index >= 15 is 0 Å². The van der Waals surface area contributed by atoms with Crippen LogP contribution in [0.15, 0.2) is 16.6 Å². The zero-order valence-corrected chi connectivity index (χ0v) is 9.07. The smallest absolute Gasteiger partial charge is 0.422 e. The first-order chi connectivity index (χ1) is 7.23. The van der Waals surface area contributed by atoms with E-state index in [1.165, 1.54) is 0 Å². The molecule has 0 atom stereocenters. The van der Waals surface area contributed by atoms with Gasteiger partial charge in [0.15, 0.2) is 5.75 Å². The van der Waals surface area contributed by atoms with Gasteiger partial charge in [-0.1, -0.05) is 0 Å². The summed E-state index contributed by atoms with van der Waals surface area (Å²) in [5.41, 5.74) is 3.00. The summed E-state index contributed by atoms with van der Waals surface area (Å²) < 4.78 is 65.0. The Labute approximate surface area is 95.3 Å². The quantitative estimate of drug-likeness (QED) is 0.668. The van der Waals surface area contributed by atoms with E-state index in [-0.39, 0.29) is 4.47 Å². The van der Waals surface area contributed by atoms with E-state index in [1.54, 1.807) is 0 Å². The number of hydrogen-bond donors (Lipinski definition) is 1. The fourth-order valence-electron chi connectivity index (χ4n) is 1.07. The molecule has 16 heavy (non-hydrogen) atoms. The molecule has 1 rings (SSSR count). The van der Waals surface area contributed by atoms with Gasteiger partial charge in [0.2, 0.25) is 0 Å². The lowest BCUT2D eigenvalue weighted by Crippen LogP contribution is -2.14. The minimum absolute atomic E-state index is 0.241. The summed E-state index contributed by atoms with van der Waals surface area (Å²) in [5, 5.41) is 0. The first kappa shape index (κ1) is 13.0. The standard InChI is InChI=1S/C8H5BrF5NO/c9-3-1-2-4(15)5(8(12,13)14)6(3)16-7(10)11/h1-2,7H,15H2. The van der Waals surface area contributed by atoms with Gasteiger partial charge in [-0.25, -0.2) is 0 Å². The highest BCUT2D eigenvalue weighted by Crippen LogP contribution is 2.44. The molecule has 1 aromatic rings. The van der Waals surface area contributed by atoms with E-state index in [2.05, 4.69) is 20.7 Å². The number of nitrogens with two attached hydrogens (primary N) is 1. The van der Waals surface area contributed by atoms with E-state index in [1.807, 2.05) is 0 Å². The van der Waals surface area contributed by atoms with Crippen molar-refractivity contribution in [3.05, 3.63) is 22.2 Å². The first-order valence-corrected chi connectivity index (χ1v) is 4.62. The summed E-state index contributed by atoms with van der Waals surface area (Å²) in [6.45, 7) is -3.36. The van der Waals surface area contributed by atoms with Crippen LogP contribution in [0.25, 0.3) is 0 Å². The van der Waals surface area contributed by atoms with E-state index in [0.717, 1.165) is 12.1 Å². The molecule has 0 aliphatic carbocycles. The van der Waals surface area contributed by atoms with Crippen LogP contribution in [0.5, 0.6) is 5.75 Å². The molecule has 0 amide bonds. The van der Waals surface area contributed by atoms with Crippen molar-refractivity contribution in [3.63, 3.8) is 0 Å². The van der Waals surface area contributed by atoms with Gasteiger partial charge in [-0.05, 0) is 28.1 Å². The summed E-state index contributed by atoms with van der Waals surface area (Å²) in [6, 6.07) is 2.05. The molecule has 0 aliphatic heterocycles. The van der Waals surface area contributed by atoms with Crippen LogP contribution in [0.3, 0.4) is 0 Å². The second-order valence-electron chi connectivity index (χ2n) is 2.72. The summed E-state index contributed by atoms with van der Waals surface area (Å²) >= 11 is 2.69. The number of hydrogen-bond acceptors (Lipinski definition) is 2. The van der Waals surface area contributed by atoms with Crippen LogP contribution >= 0.6 is 15.9 Å². The Morgan fingerprint density at radius 2 is 1.81 bits per heavy atom. The average molecular weight is 306 g/mol. The molecule has 0 saturated carbocycles. The number of halogens is 6. The number of rotatable bonds is 2. The van der Waals surface area contributed by atoms with Crippen molar-refractivity contribution in [1.82, 2.24) is 0 Å². The van der Waals surface area contributed by atoms with Crippen molar-refractivity contribution in [2.75, 3.05) is 5.73 Å². The zero-order valence-electron chi connectivity index (χ0n) is 7.49. The van der Waals surface area contributed by atoms with Crippen molar-refractivity contribution in [1.29, 1.82) is 0 Å². The van der Waals surface area contributed by atoms with Gasteiger partial charge in [0.25, 0.3) is 0 Å². The molecule has 0 aliphatic rings. The monoisotopic (exact) mass is 305 g/mol. The number of ether oxygens (including phenoxy) is 1. The lowest BCUT2D eigenvalue weighted by molar-refractivity contribution is -0.141. The third kappa shape index (κ3) is 2.75. The highest BCUT2D eigenvalue weighted by Gasteiger charge is 2.38. The maximum Gasteiger partial charge on any atom is 0.422 e. The van der Waals surface area contributed by atoms with E-state index in [0.29, 0.717) is 0 Å². The van der Waals surface area contributed by atoms with Crippen molar-refractivity contribution in [2.24, 2.45) is 0 Å². The van der Waals surface area contributed by atoms with Gasteiger partial charge in [0.05, 0.1) is 4.47 Å². The molecule has 2 N–H and O–H groups in total. The minimum Gasteiger partial charge on any atom is -0.433 e. The Morgan fingerprint density at radius 3 is 2.25 bits per heavy atom. The number of anilines is 1. The van der Waals surface area contributed by atoms with Crippen LogP contribution < -0.4 is 10.5 Å². The second-order valence-corrected chi connectivity index (χ2v) is 3.57. The third-order valence-electron chi connectivity index (χ3n) is 1.63. The Hall–Kier alpha value is -1.05.